The van der Waals surface area contributed by atoms with E-state index in [2.05, 4.69) is 5.10 Å². The van der Waals surface area contributed by atoms with E-state index in [0.29, 0.717) is 29.8 Å². The van der Waals surface area contributed by atoms with Gasteiger partial charge in [-0.1, -0.05) is 12.1 Å². The largest absolute Gasteiger partial charge is 0.435 e. The van der Waals surface area contributed by atoms with Crippen molar-refractivity contribution in [3.05, 3.63) is 46.8 Å². The molecule has 1 aliphatic carbocycles. The van der Waals surface area contributed by atoms with Crippen molar-refractivity contribution in [1.29, 1.82) is 0 Å². The zero-order valence-corrected chi connectivity index (χ0v) is 15.1. The Bertz CT molecular complexity index is 809. The van der Waals surface area contributed by atoms with E-state index in [0.717, 1.165) is 18.4 Å². The van der Waals surface area contributed by atoms with E-state index >= 15 is 0 Å². The molecule has 1 amide bonds. The van der Waals surface area contributed by atoms with Crippen LogP contribution >= 0.6 is 0 Å². The molecule has 1 aliphatic rings. The average molecular weight is 365 g/mol. The number of carbonyl (C=O) groups excluding carboxylic acids is 1. The number of benzene rings is 1. The van der Waals surface area contributed by atoms with Crippen LogP contribution < -0.4 is 0 Å². The lowest BCUT2D eigenvalue weighted by Gasteiger charge is -2.24. The van der Waals surface area contributed by atoms with Crippen molar-refractivity contribution in [2.75, 3.05) is 7.05 Å². The first-order chi connectivity index (χ1) is 12.2. The Morgan fingerprint density at radius 2 is 1.81 bits per heavy atom. The van der Waals surface area contributed by atoms with Crippen LogP contribution in [0.4, 0.5) is 13.2 Å². The quantitative estimate of drug-likeness (QED) is 0.813. The minimum absolute atomic E-state index is 0.0439. The van der Waals surface area contributed by atoms with Gasteiger partial charge in [0.25, 0.3) is 0 Å². The number of hydrogen-bond donors (Lipinski definition) is 0. The summed E-state index contributed by atoms with van der Waals surface area (Å²) in [5.74, 6) is -0.0439. The number of aromatic nitrogens is 2. The Labute approximate surface area is 150 Å². The maximum atomic E-state index is 13.3. The van der Waals surface area contributed by atoms with Gasteiger partial charge in [-0.2, -0.15) is 18.3 Å². The SMILES string of the molecule is CC(=O)N(C)C(C)c1ccc(-n2nc(C(F)(F)F)c3c2CCCC3)cc1. The Kier molecular flexibility index (Phi) is 4.82. The summed E-state index contributed by atoms with van der Waals surface area (Å²) in [6.45, 7) is 3.41. The van der Waals surface area contributed by atoms with Crippen molar-refractivity contribution in [3.63, 3.8) is 0 Å². The summed E-state index contributed by atoms with van der Waals surface area (Å²) in [6.07, 6.45) is -1.79. The van der Waals surface area contributed by atoms with Gasteiger partial charge in [-0.3, -0.25) is 4.79 Å². The molecule has 4 nitrogen and oxygen atoms in total. The lowest BCUT2D eigenvalue weighted by Crippen LogP contribution is -2.27. The van der Waals surface area contributed by atoms with Crippen LogP contribution in [-0.4, -0.2) is 27.6 Å². The molecule has 1 aromatic carbocycles. The molecule has 1 heterocycles. The molecule has 0 radical (unpaired) electrons. The fourth-order valence-electron chi connectivity index (χ4n) is 3.43. The number of amides is 1. The summed E-state index contributed by atoms with van der Waals surface area (Å²) in [5.41, 5.74) is 1.76. The maximum absolute atomic E-state index is 13.3. The molecule has 0 spiro atoms. The molecule has 140 valence electrons. The second kappa shape index (κ2) is 6.78. The second-order valence-corrected chi connectivity index (χ2v) is 6.79. The molecule has 26 heavy (non-hydrogen) atoms. The van der Waals surface area contributed by atoms with Crippen LogP contribution in [0, 0.1) is 0 Å². The highest BCUT2D eigenvalue weighted by Gasteiger charge is 2.39. The van der Waals surface area contributed by atoms with Crippen LogP contribution in [0.15, 0.2) is 24.3 Å². The fourth-order valence-corrected chi connectivity index (χ4v) is 3.43. The van der Waals surface area contributed by atoms with Gasteiger partial charge in [0.1, 0.15) is 0 Å². The molecule has 0 aliphatic heterocycles. The molecule has 3 rings (SSSR count). The van der Waals surface area contributed by atoms with Crippen molar-refractivity contribution in [2.24, 2.45) is 0 Å². The van der Waals surface area contributed by atoms with Crippen LogP contribution in [-0.2, 0) is 23.8 Å². The summed E-state index contributed by atoms with van der Waals surface area (Å²) >= 11 is 0. The minimum Gasteiger partial charge on any atom is -0.339 e. The topological polar surface area (TPSA) is 38.1 Å². The van der Waals surface area contributed by atoms with Crippen LogP contribution in [0.1, 0.15) is 55.2 Å². The van der Waals surface area contributed by atoms with Crippen LogP contribution in [0.25, 0.3) is 5.69 Å². The predicted molar refractivity (Wildman–Crippen MR) is 92.1 cm³/mol. The van der Waals surface area contributed by atoms with Crippen molar-refractivity contribution in [3.8, 4) is 5.69 Å². The number of alkyl halides is 3. The summed E-state index contributed by atoms with van der Waals surface area (Å²) < 4.78 is 41.4. The summed E-state index contributed by atoms with van der Waals surface area (Å²) in [5, 5.41) is 3.90. The number of halogens is 3. The summed E-state index contributed by atoms with van der Waals surface area (Å²) in [4.78, 5) is 13.1. The third-order valence-electron chi connectivity index (χ3n) is 5.15. The standard InChI is InChI=1S/C19H22F3N3O/c1-12(24(3)13(2)26)14-8-10-15(11-9-14)25-17-7-5-4-6-16(17)18(23-25)19(20,21)22/h8-12H,4-7H2,1-3H3. The lowest BCUT2D eigenvalue weighted by molar-refractivity contribution is -0.142. The van der Waals surface area contributed by atoms with Crippen molar-refractivity contribution >= 4 is 5.91 Å². The number of nitrogens with zero attached hydrogens (tertiary/aromatic N) is 3. The van der Waals surface area contributed by atoms with Gasteiger partial charge < -0.3 is 4.90 Å². The van der Waals surface area contributed by atoms with E-state index in [1.165, 1.54) is 11.6 Å². The molecule has 1 aromatic heterocycles. The van der Waals surface area contributed by atoms with Gasteiger partial charge in [0.15, 0.2) is 5.69 Å². The van der Waals surface area contributed by atoms with E-state index in [9.17, 15) is 18.0 Å². The predicted octanol–water partition coefficient (Wildman–Crippen LogP) is 4.31. The van der Waals surface area contributed by atoms with Crippen LogP contribution in [0.2, 0.25) is 0 Å². The smallest absolute Gasteiger partial charge is 0.339 e. The lowest BCUT2D eigenvalue weighted by atomic mass is 9.95. The van der Waals surface area contributed by atoms with E-state index in [1.807, 2.05) is 19.1 Å². The Balaban J connectivity index is 1.97. The summed E-state index contributed by atoms with van der Waals surface area (Å²) in [6, 6.07) is 7.09. The van der Waals surface area contributed by atoms with Gasteiger partial charge in [-0.05, 0) is 50.3 Å². The highest BCUT2D eigenvalue weighted by Crippen LogP contribution is 2.37. The first-order valence-electron chi connectivity index (χ1n) is 8.72. The third-order valence-corrected chi connectivity index (χ3v) is 5.15. The molecule has 0 bridgehead atoms. The zero-order chi connectivity index (χ0) is 19.1. The zero-order valence-electron chi connectivity index (χ0n) is 15.1. The fraction of sp³-hybridized carbons (Fsp3) is 0.474. The first kappa shape index (κ1) is 18.5. The molecule has 0 saturated carbocycles. The Morgan fingerprint density at radius 1 is 1.19 bits per heavy atom. The van der Waals surface area contributed by atoms with Crippen LogP contribution in [0.3, 0.4) is 0 Å². The Morgan fingerprint density at radius 3 is 2.38 bits per heavy atom. The number of hydrogen-bond acceptors (Lipinski definition) is 2. The molecule has 1 unspecified atom stereocenters. The molecular weight excluding hydrogens is 343 g/mol. The second-order valence-electron chi connectivity index (χ2n) is 6.79. The monoisotopic (exact) mass is 365 g/mol. The molecule has 7 heteroatoms. The average Bonchev–Trinajstić information content (AvgIpc) is 3.00. The van der Waals surface area contributed by atoms with Gasteiger partial charge in [-0.25, -0.2) is 4.68 Å². The van der Waals surface area contributed by atoms with E-state index in [1.54, 1.807) is 24.1 Å². The minimum atomic E-state index is -4.44. The maximum Gasteiger partial charge on any atom is 0.435 e. The highest BCUT2D eigenvalue weighted by molar-refractivity contribution is 5.73. The van der Waals surface area contributed by atoms with Gasteiger partial charge in [-0.15, -0.1) is 0 Å². The van der Waals surface area contributed by atoms with E-state index in [-0.39, 0.29) is 11.9 Å². The molecule has 0 N–H and O–H groups in total. The van der Waals surface area contributed by atoms with Gasteiger partial charge >= 0.3 is 6.18 Å². The van der Waals surface area contributed by atoms with E-state index in [4.69, 9.17) is 0 Å². The number of fused-ring (bicyclic) bond motifs is 1. The van der Waals surface area contributed by atoms with Gasteiger partial charge in [0.05, 0.1) is 11.7 Å². The molecule has 0 fully saturated rings. The van der Waals surface area contributed by atoms with Crippen molar-refractivity contribution in [1.82, 2.24) is 14.7 Å². The molecule has 1 atom stereocenters. The van der Waals surface area contributed by atoms with Gasteiger partial charge in [0, 0.05) is 25.2 Å². The molecule has 2 aromatic rings. The normalized spacial score (nSPS) is 15.5. The molecule has 0 saturated heterocycles. The van der Waals surface area contributed by atoms with E-state index < -0.39 is 11.9 Å². The van der Waals surface area contributed by atoms with Crippen molar-refractivity contribution in [2.45, 2.75) is 51.7 Å². The molecular formula is C19H22F3N3O. The van der Waals surface area contributed by atoms with Gasteiger partial charge in [0.2, 0.25) is 5.91 Å². The highest BCUT2D eigenvalue weighted by atomic mass is 19.4. The van der Waals surface area contributed by atoms with Crippen molar-refractivity contribution < 1.29 is 18.0 Å². The van der Waals surface area contributed by atoms with Crippen LogP contribution in [0.5, 0.6) is 0 Å². The first-order valence-corrected chi connectivity index (χ1v) is 8.72. The number of rotatable bonds is 3. The Hall–Kier alpha value is -2.31. The number of carbonyl (C=O) groups is 1. The third kappa shape index (κ3) is 3.34. The summed E-state index contributed by atoms with van der Waals surface area (Å²) in [7, 11) is 1.72.